The maximum Gasteiger partial charge on any atom is 0.251 e. The number of benzene rings is 1. The van der Waals surface area contributed by atoms with Crippen molar-refractivity contribution in [3.05, 3.63) is 46.0 Å². The van der Waals surface area contributed by atoms with Crippen molar-refractivity contribution in [2.45, 2.75) is 12.8 Å². The van der Waals surface area contributed by atoms with E-state index in [1.807, 2.05) is 12.1 Å². The first-order chi connectivity index (χ1) is 10.6. The van der Waals surface area contributed by atoms with Gasteiger partial charge in [-0.15, -0.1) is 12.4 Å². The van der Waals surface area contributed by atoms with Gasteiger partial charge in [-0.3, -0.25) is 9.59 Å². The number of carbonyl (C=O) groups excluding carboxylic acids is 2. The van der Waals surface area contributed by atoms with E-state index in [0.717, 1.165) is 24.0 Å². The molecule has 2 rings (SSSR count). The standard InChI is InChI=1S/C16H20BrN3O2.ClH/c17-14-3-1-13(2-4-14)16(22)19-10-7-15(21)20-11-12-5-8-18-9-6-12;/h1-5,18H,6-11H2,(H,19,22)(H,20,21);1H. The fraction of sp³-hybridized carbons (Fsp3) is 0.375. The predicted octanol–water partition coefficient (Wildman–Crippen LogP) is 2.03. The zero-order chi connectivity index (χ0) is 15.8. The van der Waals surface area contributed by atoms with Crippen molar-refractivity contribution >= 4 is 40.2 Å². The Kier molecular flexibility index (Phi) is 8.91. The van der Waals surface area contributed by atoms with Crippen molar-refractivity contribution in [1.29, 1.82) is 0 Å². The Hall–Kier alpha value is -1.37. The zero-order valence-electron chi connectivity index (χ0n) is 12.7. The van der Waals surface area contributed by atoms with E-state index >= 15 is 0 Å². The minimum Gasteiger partial charge on any atom is -0.352 e. The summed E-state index contributed by atoms with van der Waals surface area (Å²) in [4.78, 5) is 23.6. The van der Waals surface area contributed by atoms with Crippen LogP contribution in [0.25, 0.3) is 0 Å². The fourth-order valence-corrected chi connectivity index (χ4v) is 2.39. The molecule has 1 heterocycles. The topological polar surface area (TPSA) is 70.2 Å². The second-order valence-corrected chi connectivity index (χ2v) is 6.02. The van der Waals surface area contributed by atoms with Crippen LogP contribution in [0.3, 0.4) is 0 Å². The maximum atomic E-state index is 11.9. The summed E-state index contributed by atoms with van der Waals surface area (Å²) in [6, 6.07) is 7.11. The summed E-state index contributed by atoms with van der Waals surface area (Å²) in [5, 5.41) is 8.86. The number of halogens is 2. The molecule has 0 fully saturated rings. The molecule has 1 aliphatic heterocycles. The first-order valence-electron chi connectivity index (χ1n) is 7.34. The minimum absolute atomic E-state index is 0. The molecular weight excluding hydrogens is 382 g/mol. The van der Waals surface area contributed by atoms with Crippen molar-refractivity contribution in [3.63, 3.8) is 0 Å². The fourth-order valence-electron chi connectivity index (χ4n) is 2.12. The minimum atomic E-state index is -0.165. The van der Waals surface area contributed by atoms with Crippen LogP contribution in [0.5, 0.6) is 0 Å². The molecule has 126 valence electrons. The molecule has 1 aromatic rings. The molecule has 0 saturated carbocycles. The summed E-state index contributed by atoms with van der Waals surface area (Å²) in [7, 11) is 0. The number of carbonyl (C=O) groups is 2. The summed E-state index contributed by atoms with van der Waals surface area (Å²) in [6.45, 7) is 2.77. The molecule has 2 amide bonds. The molecule has 5 nitrogen and oxygen atoms in total. The van der Waals surface area contributed by atoms with Crippen LogP contribution in [0.4, 0.5) is 0 Å². The normalized spacial score (nSPS) is 13.5. The van der Waals surface area contributed by atoms with E-state index in [1.165, 1.54) is 5.57 Å². The summed E-state index contributed by atoms with van der Waals surface area (Å²) < 4.78 is 0.927. The molecule has 0 atom stereocenters. The van der Waals surface area contributed by atoms with Gasteiger partial charge in [-0.2, -0.15) is 0 Å². The smallest absolute Gasteiger partial charge is 0.251 e. The van der Waals surface area contributed by atoms with Gasteiger partial charge in [0.05, 0.1) is 0 Å². The summed E-state index contributed by atoms with van der Waals surface area (Å²) >= 11 is 3.32. The van der Waals surface area contributed by atoms with Crippen molar-refractivity contribution in [2.24, 2.45) is 0 Å². The molecular formula is C16H21BrClN3O2. The maximum absolute atomic E-state index is 11.9. The lowest BCUT2D eigenvalue weighted by atomic mass is 10.1. The van der Waals surface area contributed by atoms with E-state index in [0.29, 0.717) is 18.7 Å². The number of nitrogens with one attached hydrogen (secondary N) is 3. The molecule has 0 saturated heterocycles. The second kappa shape index (κ2) is 10.4. The molecule has 0 radical (unpaired) electrons. The van der Waals surface area contributed by atoms with Crippen LogP contribution in [0.1, 0.15) is 23.2 Å². The summed E-state index contributed by atoms with van der Waals surface area (Å²) in [5.41, 5.74) is 1.84. The Morgan fingerprint density at radius 1 is 1.17 bits per heavy atom. The van der Waals surface area contributed by atoms with Crippen molar-refractivity contribution in [2.75, 3.05) is 26.2 Å². The van der Waals surface area contributed by atoms with Crippen LogP contribution < -0.4 is 16.0 Å². The summed E-state index contributed by atoms with van der Waals surface area (Å²) in [6.07, 6.45) is 3.37. The van der Waals surface area contributed by atoms with E-state index in [4.69, 9.17) is 0 Å². The summed E-state index contributed by atoms with van der Waals surface area (Å²) in [5.74, 6) is -0.211. The first-order valence-corrected chi connectivity index (χ1v) is 8.13. The number of hydrogen-bond acceptors (Lipinski definition) is 3. The van der Waals surface area contributed by atoms with E-state index in [1.54, 1.807) is 12.1 Å². The van der Waals surface area contributed by atoms with Gasteiger partial charge in [0, 0.05) is 36.1 Å². The number of hydrogen-bond donors (Lipinski definition) is 3. The van der Waals surface area contributed by atoms with Crippen LogP contribution in [-0.4, -0.2) is 38.0 Å². The van der Waals surface area contributed by atoms with Gasteiger partial charge in [-0.05, 0) is 37.2 Å². The Morgan fingerprint density at radius 2 is 1.91 bits per heavy atom. The highest BCUT2D eigenvalue weighted by atomic mass is 79.9. The average molecular weight is 403 g/mol. The van der Waals surface area contributed by atoms with Crippen molar-refractivity contribution in [1.82, 2.24) is 16.0 Å². The van der Waals surface area contributed by atoms with Gasteiger partial charge in [0.25, 0.3) is 5.91 Å². The van der Waals surface area contributed by atoms with E-state index < -0.39 is 0 Å². The molecule has 0 unspecified atom stereocenters. The van der Waals surface area contributed by atoms with Gasteiger partial charge in [-0.1, -0.05) is 27.6 Å². The van der Waals surface area contributed by atoms with Crippen molar-refractivity contribution in [3.8, 4) is 0 Å². The van der Waals surface area contributed by atoms with E-state index in [9.17, 15) is 9.59 Å². The van der Waals surface area contributed by atoms with E-state index in [2.05, 4.69) is 38.0 Å². The van der Waals surface area contributed by atoms with Gasteiger partial charge in [0.2, 0.25) is 5.91 Å². The largest absolute Gasteiger partial charge is 0.352 e. The average Bonchev–Trinajstić information content (AvgIpc) is 2.54. The van der Waals surface area contributed by atoms with Crippen LogP contribution >= 0.6 is 28.3 Å². The monoisotopic (exact) mass is 401 g/mol. The number of amides is 2. The molecule has 0 bridgehead atoms. The highest BCUT2D eigenvalue weighted by Crippen LogP contribution is 2.10. The lowest BCUT2D eigenvalue weighted by Gasteiger charge is -2.14. The van der Waals surface area contributed by atoms with Gasteiger partial charge in [0.1, 0.15) is 0 Å². The molecule has 1 aliphatic rings. The van der Waals surface area contributed by atoms with Crippen LogP contribution in [-0.2, 0) is 4.79 Å². The molecule has 0 aromatic heterocycles. The molecule has 1 aromatic carbocycles. The molecule has 23 heavy (non-hydrogen) atoms. The zero-order valence-corrected chi connectivity index (χ0v) is 15.1. The second-order valence-electron chi connectivity index (χ2n) is 5.11. The first kappa shape index (κ1) is 19.7. The predicted molar refractivity (Wildman–Crippen MR) is 96.9 cm³/mol. The third-order valence-corrected chi connectivity index (χ3v) is 3.94. The van der Waals surface area contributed by atoms with Crippen LogP contribution in [0, 0.1) is 0 Å². The molecule has 0 spiro atoms. The van der Waals surface area contributed by atoms with Gasteiger partial charge >= 0.3 is 0 Å². The van der Waals surface area contributed by atoms with E-state index in [-0.39, 0.29) is 30.6 Å². The Balaban J connectivity index is 0.00000264. The quantitative estimate of drug-likeness (QED) is 0.638. The highest BCUT2D eigenvalue weighted by Gasteiger charge is 2.08. The third-order valence-electron chi connectivity index (χ3n) is 3.41. The van der Waals surface area contributed by atoms with Crippen molar-refractivity contribution < 1.29 is 9.59 Å². The molecule has 0 aliphatic carbocycles. The third kappa shape index (κ3) is 7.16. The number of rotatable bonds is 6. The van der Waals surface area contributed by atoms with Crippen LogP contribution in [0.15, 0.2) is 40.4 Å². The lowest BCUT2D eigenvalue weighted by molar-refractivity contribution is -0.120. The van der Waals surface area contributed by atoms with Gasteiger partial charge in [0.15, 0.2) is 0 Å². The van der Waals surface area contributed by atoms with Gasteiger partial charge < -0.3 is 16.0 Å². The Bertz CT molecular complexity index is 561. The Morgan fingerprint density at radius 3 is 2.57 bits per heavy atom. The SMILES string of the molecule is Cl.O=C(CCNC(=O)c1ccc(Br)cc1)NCC1=CCNCC1. The highest BCUT2D eigenvalue weighted by molar-refractivity contribution is 9.10. The lowest BCUT2D eigenvalue weighted by Crippen LogP contribution is -2.33. The molecule has 7 heteroatoms. The molecule has 3 N–H and O–H groups in total. The Labute approximate surface area is 150 Å². The van der Waals surface area contributed by atoms with Gasteiger partial charge in [-0.25, -0.2) is 0 Å². The van der Waals surface area contributed by atoms with Crippen LogP contribution in [0.2, 0.25) is 0 Å².